The molecule has 2 amide bonds. The van der Waals surface area contributed by atoms with Crippen molar-refractivity contribution in [2.24, 2.45) is 7.05 Å². The van der Waals surface area contributed by atoms with Crippen molar-refractivity contribution in [3.05, 3.63) is 71.0 Å². The molecule has 3 aromatic rings. The number of nitrogens with one attached hydrogen (secondary N) is 2. The highest BCUT2D eigenvalue weighted by atomic mass is 32.2. The topological polar surface area (TPSA) is 88.9 Å². The standard InChI is InChI=1S/C22H25N5O2S/c1-14-8-7-10-17(12-14)21(29)23-16(3)20-25-26-22(27(20)4)30-13-19(28)24-18-11-6-5-9-15(18)2/h5-12,16H,13H2,1-4H3,(H,23,29)(H,24,28)/t16-/m0/s1. The van der Waals surface area contributed by atoms with Crippen molar-refractivity contribution in [3.63, 3.8) is 0 Å². The van der Waals surface area contributed by atoms with Crippen LogP contribution in [-0.4, -0.2) is 32.3 Å². The van der Waals surface area contributed by atoms with Gasteiger partial charge in [0.15, 0.2) is 11.0 Å². The van der Waals surface area contributed by atoms with E-state index in [1.807, 2.05) is 70.3 Å². The van der Waals surface area contributed by atoms with Crippen LogP contribution in [0.4, 0.5) is 5.69 Å². The second kappa shape index (κ2) is 9.58. The smallest absolute Gasteiger partial charge is 0.251 e. The molecule has 2 N–H and O–H groups in total. The molecule has 0 radical (unpaired) electrons. The van der Waals surface area contributed by atoms with Gasteiger partial charge in [-0.25, -0.2) is 0 Å². The van der Waals surface area contributed by atoms with Gasteiger partial charge in [0.05, 0.1) is 11.8 Å². The van der Waals surface area contributed by atoms with Crippen molar-refractivity contribution in [1.29, 1.82) is 0 Å². The molecule has 30 heavy (non-hydrogen) atoms. The molecule has 1 aromatic heterocycles. The molecule has 0 unspecified atom stereocenters. The van der Waals surface area contributed by atoms with E-state index in [1.54, 1.807) is 10.6 Å². The van der Waals surface area contributed by atoms with Crippen LogP contribution in [-0.2, 0) is 11.8 Å². The predicted molar refractivity (Wildman–Crippen MR) is 119 cm³/mol. The summed E-state index contributed by atoms with van der Waals surface area (Å²) in [7, 11) is 1.83. The fourth-order valence-corrected chi connectivity index (χ4v) is 3.71. The molecule has 0 aliphatic rings. The van der Waals surface area contributed by atoms with E-state index in [1.165, 1.54) is 11.8 Å². The molecule has 1 heterocycles. The number of hydrogen-bond donors (Lipinski definition) is 2. The fourth-order valence-electron chi connectivity index (χ4n) is 2.99. The molecular weight excluding hydrogens is 398 g/mol. The summed E-state index contributed by atoms with van der Waals surface area (Å²) in [6.45, 7) is 5.75. The highest BCUT2D eigenvalue weighted by Gasteiger charge is 2.19. The Kier molecular flexibility index (Phi) is 6.89. The van der Waals surface area contributed by atoms with Gasteiger partial charge < -0.3 is 15.2 Å². The summed E-state index contributed by atoms with van der Waals surface area (Å²) < 4.78 is 1.80. The minimum Gasteiger partial charge on any atom is -0.342 e. The normalized spacial score (nSPS) is 11.7. The van der Waals surface area contributed by atoms with Gasteiger partial charge in [0.2, 0.25) is 5.91 Å². The second-order valence-electron chi connectivity index (χ2n) is 7.12. The zero-order valence-corrected chi connectivity index (χ0v) is 18.3. The Balaban J connectivity index is 1.59. The monoisotopic (exact) mass is 423 g/mol. The number of anilines is 1. The van der Waals surface area contributed by atoms with Gasteiger partial charge in [-0.05, 0) is 44.5 Å². The first-order chi connectivity index (χ1) is 14.3. The summed E-state index contributed by atoms with van der Waals surface area (Å²) in [4.78, 5) is 24.8. The molecule has 0 aliphatic carbocycles. The predicted octanol–water partition coefficient (Wildman–Crippen LogP) is 3.65. The average Bonchev–Trinajstić information content (AvgIpc) is 3.08. The lowest BCUT2D eigenvalue weighted by Gasteiger charge is -2.14. The first-order valence-corrected chi connectivity index (χ1v) is 10.6. The van der Waals surface area contributed by atoms with Gasteiger partial charge in [0.25, 0.3) is 5.91 Å². The number of aromatic nitrogens is 3. The lowest BCUT2D eigenvalue weighted by Crippen LogP contribution is -2.28. The Morgan fingerprint density at radius 2 is 1.87 bits per heavy atom. The van der Waals surface area contributed by atoms with Gasteiger partial charge >= 0.3 is 0 Å². The maximum Gasteiger partial charge on any atom is 0.251 e. The number of hydrogen-bond acceptors (Lipinski definition) is 5. The molecule has 0 aliphatic heterocycles. The maximum atomic E-state index is 12.5. The molecule has 3 rings (SSSR count). The lowest BCUT2D eigenvalue weighted by atomic mass is 10.1. The van der Waals surface area contributed by atoms with Crippen LogP contribution in [0.2, 0.25) is 0 Å². The van der Waals surface area contributed by atoms with Gasteiger partial charge in [-0.1, -0.05) is 47.7 Å². The molecule has 7 nitrogen and oxygen atoms in total. The zero-order valence-electron chi connectivity index (χ0n) is 17.5. The third kappa shape index (κ3) is 5.27. The molecular formula is C22H25N5O2S. The summed E-state index contributed by atoms with van der Waals surface area (Å²) in [6.07, 6.45) is 0. The zero-order chi connectivity index (χ0) is 21.7. The Morgan fingerprint density at radius 3 is 2.60 bits per heavy atom. The lowest BCUT2D eigenvalue weighted by molar-refractivity contribution is -0.113. The van der Waals surface area contributed by atoms with Gasteiger partial charge in [-0.2, -0.15) is 0 Å². The molecule has 156 valence electrons. The molecule has 0 bridgehead atoms. The van der Waals surface area contributed by atoms with Gasteiger partial charge in [0, 0.05) is 18.3 Å². The van der Waals surface area contributed by atoms with E-state index in [9.17, 15) is 9.59 Å². The number of para-hydroxylation sites is 1. The minimum absolute atomic E-state index is 0.111. The number of aryl methyl sites for hydroxylation is 2. The third-order valence-electron chi connectivity index (χ3n) is 4.64. The molecule has 1 atom stereocenters. The Morgan fingerprint density at radius 1 is 1.10 bits per heavy atom. The molecule has 0 saturated heterocycles. The summed E-state index contributed by atoms with van der Waals surface area (Å²) in [5, 5.41) is 14.8. The molecule has 2 aromatic carbocycles. The molecule has 8 heteroatoms. The van der Waals surface area contributed by atoms with Crippen molar-refractivity contribution in [2.45, 2.75) is 32.0 Å². The summed E-state index contributed by atoms with van der Waals surface area (Å²) in [6, 6.07) is 14.7. The number of nitrogens with zero attached hydrogens (tertiary/aromatic N) is 3. The Bertz CT molecular complexity index is 1060. The highest BCUT2D eigenvalue weighted by Crippen LogP contribution is 2.20. The van der Waals surface area contributed by atoms with Crippen LogP contribution in [0.15, 0.2) is 53.7 Å². The summed E-state index contributed by atoms with van der Waals surface area (Å²) >= 11 is 1.30. The van der Waals surface area contributed by atoms with Gasteiger partial charge in [-0.3, -0.25) is 9.59 Å². The van der Waals surface area contributed by atoms with Crippen molar-refractivity contribution in [3.8, 4) is 0 Å². The summed E-state index contributed by atoms with van der Waals surface area (Å²) in [5.41, 5.74) is 3.44. The Hall–Kier alpha value is -3.13. The van der Waals surface area contributed by atoms with Crippen LogP contribution < -0.4 is 10.6 Å². The SMILES string of the molecule is Cc1cccc(C(=O)N[C@@H](C)c2nnc(SCC(=O)Nc3ccccc3C)n2C)c1. The van der Waals surface area contributed by atoms with Crippen molar-refractivity contribution in [1.82, 2.24) is 20.1 Å². The maximum absolute atomic E-state index is 12.5. The van der Waals surface area contributed by atoms with Crippen LogP contribution in [0.5, 0.6) is 0 Å². The highest BCUT2D eigenvalue weighted by molar-refractivity contribution is 7.99. The quantitative estimate of drug-likeness (QED) is 0.566. The van der Waals surface area contributed by atoms with E-state index in [0.717, 1.165) is 16.8 Å². The summed E-state index contributed by atoms with van der Waals surface area (Å²) in [5.74, 6) is 0.558. The van der Waals surface area contributed by atoms with Gasteiger partial charge in [0.1, 0.15) is 0 Å². The first-order valence-electron chi connectivity index (χ1n) is 9.60. The number of rotatable bonds is 7. The number of benzene rings is 2. The van der Waals surface area contributed by atoms with Crippen LogP contribution in [0.3, 0.4) is 0 Å². The molecule has 0 saturated carbocycles. The van der Waals surface area contributed by atoms with E-state index < -0.39 is 0 Å². The van der Waals surface area contributed by atoms with Crippen molar-refractivity contribution < 1.29 is 9.59 Å². The number of amides is 2. The van der Waals surface area contributed by atoms with E-state index in [2.05, 4.69) is 20.8 Å². The van der Waals surface area contributed by atoms with E-state index in [0.29, 0.717) is 16.5 Å². The number of carbonyl (C=O) groups excluding carboxylic acids is 2. The largest absolute Gasteiger partial charge is 0.342 e. The first kappa shape index (κ1) is 21.6. The van der Waals surface area contributed by atoms with Crippen molar-refractivity contribution >= 4 is 29.3 Å². The minimum atomic E-state index is -0.328. The third-order valence-corrected chi connectivity index (χ3v) is 5.66. The molecule has 0 fully saturated rings. The number of carbonyl (C=O) groups is 2. The van der Waals surface area contributed by atoms with Crippen LogP contribution in [0.1, 0.15) is 40.3 Å². The van der Waals surface area contributed by atoms with Crippen LogP contribution in [0, 0.1) is 13.8 Å². The van der Waals surface area contributed by atoms with Gasteiger partial charge in [-0.15, -0.1) is 10.2 Å². The van der Waals surface area contributed by atoms with E-state index in [4.69, 9.17) is 0 Å². The second-order valence-corrected chi connectivity index (χ2v) is 8.06. The van der Waals surface area contributed by atoms with Crippen molar-refractivity contribution in [2.75, 3.05) is 11.1 Å². The average molecular weight is 424 g/mol. The van der Waals surface area contributed by atoms with Crippen LogP contribution in [0.25, 0.3) is 0 Å². The van der Waals surface area contributed by atoms with E-state index in [-0.39, 0.29) is 23.6 Å². The molecule has 0 spiro atoms. The van der Waals surface area contributed by atoms with E-state index >= 15 is 0 Å². The fraction of sp³-hybridized carbons (Fsp3) is 0.273. The van der Waals surface area contributed by atoms with Crippen LogP contribution >= 0.6 is 11.8 Å². The number of thioether (sulfide) groups is 1. The Labute approximate surface area is 180 Å².